The summed E-state index contributed by atoms with van der Waals surface area (Å²) in [5.41, 5.74) is 1.28. The van der Waals surface area contributed by atoms with Crippen LogP contribution in [-0.2, 0) is 10.3 Å². The predicted molar refractivity (Wildman–Crippen MR) is 68.4 cm³/mol. The van der Waals surface area contributed by atoms with Gasteiger partial charge in [0.05, 0.1) is 12.7 Å². The molecule has 0 aliphatic heterocycles. The Kier molecular flexibility index (Phi) is 2.33. The number of fused-ring (bicyclic) bond motifs is 1. The lowest BCUT2D eigenvalue weighted by atomic mass is 10.0. The van der Waals surface area contributed by atoms with Crippen LogP contribution in [0.4, 0.5) is 0 Å². The van der Waals surface area contributed by atoms with E-state index < -0.39 is 0 Å². The van der Waals surface area contributed by atoms with E-state index in [4.69, 9.17) is 9.47 Å². The Morgan fingerprint density at radius 1 is 0.941 bits per heavy atom. The molecule has 0 amide bonds. The largest absolute Gasteiger partial charge is 0.497 e. The van der Waals surface area contributed by atoms with Gasteiger partial charge in [-0.05, 0) is 47.4 Å². The summed E-state index contributed by atoms with van der Waals surface area (Å²) in [5.74, 6) is 0.901. The molecule has 0 atom stereocenters. The molecule has 1 fully saturated rings. The van der Waals surface area contributed by atoms with Crippen LogP contribution in [0.5, 0.6) is 5.75 Å². The topological polar surface area (TPSA) is 18.5 Å². The first-order valence-corrected chi connectivity index (χ1v) is 5.91. The summed E-state index contributed by atoms with van der Waals surface area (Å²) in [6.45, 7) is 0. The fraction of sp³-hybridized carbons (Fsp3) is 0.333. The van der Waals surface area contributed by atoms with Crippen molar-refractivity contribution < 1.29 is 9.47 Å². The summed E-state index contributed by atoms with van der Waals surface area (Å²) in [6.07, 6.45) is 2.26. The van der Waals surface area contributed by atoms with Gasteiger partial charge < -0.3 is 9.47 Å². The van der Waals surface area contributed by atoms with Crippen molar-refractivity contribution in [1.29, 1.82) is 0 Å². The minimum Gasteiger partial charge on any atom is -0.497 e. The van der Waals surface area contributed by atoms with Crippen molar-refractivity contribution in [3.63, 3.8) is 0 Å². The van der Waals surface area contributed by atoms with E-state index in [1.54, 1.807) is 14.2 Å². The van der Waals surface area contributed by atoms with E-state index in [0.717, 1.165) is 18.6 Å². The summed E-state index contributed by atoms with van der Waals surface area (Å²) in [5, 5.41) is 2.45. The van der Waals surface area contributed by atoms with E-state index in [9.17, 15) is 0 Å². The van der Waals surface area contributed by atoms with Gasteiger partial charge in [0.15, 0.2) is 0 Å². The van der Waals surface area contributed by atoms with E-state index in [1.807, 2.05) is 6.07 Å². The van der Waals surface area contributed by atoms with Gasteiger partial charge in [0.2, 0.25) is 0 Å². The van der Waals surface area contributed by atoms with Crippen LogP contribution in [0.3, 0.4) is 0 Å². The quantitative estimate of drug-likeness (QED) is 0.800. The first-order chi connectivity index (χ1) is 8.27. The second-order valence-corrected chi connectivity index (χ2v) is 4.63. The molecule has 2 nitrogen and oxygen atoms in total. The summed E-state index contributed by atoms with van der Waals surface area (Å²) < 4.78 is 10.8. The Hall–Kier alpha value is -1.54. The number of ether oxygens (including phenoxy) is 2. The molecule has 2 aromatic rings. The lowest BCUT2D eigenvalue weighted by Crippen LogP contribution is -2.08. The van der Waals surface area contributed by atoms with Gasteiger partial charge in [-0.15, -0.1) is 0 Å². The third-order valence-corrected chi connectivity index (χ3v) is 3.67. The maximum Gasteiger partial charge on any atom is 0.119 e. The maximum atomic E-state index is 5.60. The molecule has 0 heterocycles. The minimum absolute atomic E-state index is 0.00584. The van der Waals surface area contributed by atoms with Gasteiger partial charge in [-0.3, -0.25) is 0 Å². The highest BCUT2D eigenvalue weighted by molar-refractivity contribution is 5.84. The average molecular weight is 228 g/mol. The molecule has 0 spiro atoms. The molecule has 0 aromatic heterocycles. The zero-order valence-electron chi connectivity index (χ0n) is 10.2. The summed E-state index contributed by atoms with van der Waals surface area (Å²) in [6, 6.07) is 12.7. The molecular weight excluding hydrogens is 212 g/mol. The van der Waals surface area contributed by atoms with Crippen molar-refractivity contribution in [2.45, 2.75) is 18.4 Å². The minimum atomic E-state index is -0.00584. The highest BCUT2D eigenvalue weighted by Gasteiger charge is 2.44. The van der Waals surface area contributed by atoms with E-state index in [-0.39, 0.29) is 5.60 Å². The second-order valence-electron chi connectivity index (χ2n) is 4.63. The molecule has 1 aliphatic carbocycles. The van der Waals surface area contributed by atoms with Gasteiger partial charge in [0, 0.05) is 7.11 Å². The molecule has 0 N–H and O–H groups in total. The van der Waals surface area contributed by atoms with Crippen LogP contribution in [0.1, 0.15) is 18.4 Å². The molecule has 1 aliphatic rings. The maximum absolute atomic E-state index is 5.60. The summed E-state index contributed by atoms with van der Waals surface area (Å²) in [7, 11) is 3.49. The van der Waals surface area contributed by atoms with E-state index in [0.29, 0.717) is 0 Å². The van der Waals surface area contributed by atoms with Crippen molar-refractivity contribution in [3.8, 4) is 5.75 Å². The highest BCUT2D eigenvalue weighted by Crippen LogP contribution is 2.49. The molecule has 0 saturated heterocycles. The molecule has 1 saturated carbocycles. The van der Waals surface area contributed by atoms with E-state index in [2.05, 4.69) is 30.3 Å². The van der Waals surface area contributed by atoms with Gasteiger partial charge in [0.25, 0.3) is 0 Å². The van der Waals surface area contributed by atoms with E-state index >= 15 is 0 Å². The fourth-order valence-electron chi connectivity index (χ4n) is 2.36. The van der Waals surface area contributed by atoms with Crippen LogP contribution >= 0.6 is 0 Å². The molecule has 0 bridgehead atoms. The summed E-state index contributed by atoms with van der Waals surface area (Å²) >= 11 is 0. The molecule has 0 radical (unpaired) electrons. The number of hydrogen-bond acceptors (Lipinski definition) is 2. The van der Waals surface area contributed by atoms with Crippen molar-refractivity contribution in [1.82, 2.24) is 0 Å². The number of benzene rings is 2. The summed E-state index contributed by atoms with van der Waals surface area (Å²) in [4.78, 5) is 0. The smallest absolute Gasteiger partial charge is 0.119 e. The van der Waals surface area contributed by atoms with Gasteiger partial charge in [-0.1, -0.05) is 18.2 Å². The Balaban J connectivity index is 2.08. The van der Waals surface area contributed by atoms with Gasteiger partial charge >= 0.3 is 0 Å². The first kappa shape index (κ1) is 10.6. The predicted octanol–water partition coefficient (Wildman–Crippen LogP) is 3.48. The Bertz CT molecular complexity index is 556. The van der Waals surface area contributed by atoms with Crippen LogP contribution in [0.25, 0.3) is 10.8 Å². The zero-order chi connectivity index (χ0) is 11.9. The standard InChI is InChI=1S/C15H16O2/c1-16-14-6-4-11-9-13(5-3-12(11)10-14)15(17-2)7-8-15/h3-6,9-10H,7-8H2,1-2H3. The van der Waals surface area contributed by atoms with Crippen LogP contribution in [0.15, 0.2) is 36.4 Å². The lowest BCUT2D eigenvalue weighted by Gasteiger charge is -2.14. The van der Waals surface area contributed by atoms with Crippen LogP contribution < -0.4 is 4.74 Å². The highest BCUT2D eigenvalue weighted by atomic mass is 16.5. The third kappa shape index (κ3) is 1.69. The third-order valence-electron chi connectivity index (χ3n) is 3.67. The normalized spacial score (nSPS) is 17.1. The average Bonchev–Trinajstić information content (AvgIpc) is 3.18. The Labute approximate surface area is 101 Å². The second kappa shape index (κ2) is 3.74. The number of rotatable bonds is 3. The van der Waals surface area contributed by atoms with Crippen molar-refractivity contribution in [2.24, 2.45) is 0 Å². The van der Waals surface area contributed by atoms with Crippen LogP contribution in [0.2, 0.25) is 0 Å². The van der Waals surface area contributed by atoms with Crippen molar-refractivity contribution in [2.75, 3.05) is 14.2 Å². The molecule has 88 valence electrons. The van der Waals surface area contributed by atoms with Crippen LogP contribution in [0, 0.1) is 0 Å². The SMILES string of the molecule is COc1ccc2cc(C3(OC)CC3)ccc2c1. The molecular formula is C15H16O2. The number of hydrogen-bond donors (Lipinski definition) is 0. The lowest BCUT2D eigenvalue weighted by molar-refractivity contribution is 0.0790. The monoisotopic (exact) mass is 228 g/mol. The van der Waals surface area contributed by atoms with Gasteiger partial charge in [-0.25, -0.2) is 0 Å². The fourth-order valence-corrected chi connectivity index (χ4v) is 2.36. The zero-order valence-corrected chi connectivity index (χ0v) is 10.2. The molecule has 2 heteroatoms. The molecule has 3 rings (SSSR count). The van der Waals surface area contributed by atoms with Gasteiger partial charge in [-0.2, -0.15) is 0 Å². The van der Waals surface area contributed by atoms with Gasteiger partial charge in [0.1, 0.15) is 5.75 Å². The van der Waals surface area contributed by atoms with E-state index in [1.165, 1.54) is 16.3 Å². The Morgan fingerprint density at radius 2 is 1.65 bits per heavy atom. The van der Waals surface area contributed by atoms with Crippen molar-refractivity contribution >= 4 is 10.8 Å². The first-order valence-electron chi connectivity index (χ1n) is 5.91. The van der Waals surface area contributed by atoms with Crippen molar-refractivity contribution in [3.05, 3.63) is 42.0 Å². The number of methoxy groups -OCH3 is 2. The molecule has 17 heavy (non-hydrogen) atoms. The van der Waals surface area contributed by atoms with Crippen LogP contribution in [-0.4, -0.2) is 14.2 Å². The molecule has 0 unspecified atom stereocenters. The Morgan fingerprint density at radius 3 is 2.29 bits per heavy atom. The molecule has 2 aromatic carbocycles.